The predicted molar refractivity (Wildman–Crippen MR) is 74.4 cm³/mol. The molecule has 2 aliphatic rings. The van der Waals surface area contributed by atoms with E-state index in [1.807, 2.05) is 6.92 Å². The van der Waals surface area contributed by atoms with Gasteiger partial charge in [-0.3, -0.25) is 4.68 Å². The van der Waals surface area contributed by atoms with Gasteiger partial charge in [-0.25, -0.2) is 0 Å². The minimum absolute atomic E-state index is 0.121. The first-order valence-electron chi connectivity index (χ1n) is 6.91. The van der Waals surface area contributed by atoms with Crippen molar-refractivity contribution < 1.29 is 5.11 Å². The van der Waals surface area contributed by atoms with E-state index in [2.05, 4.69) is 32.6 Å². The number of rotatable bonds is 4. The zero-order valence-electron chi connectivity index (χ0n) is 11.1. The maximum absolute atomic E-state index is 9.83. The molecule has 2 atom stereocenters. The molecule has 0 spiro atoms. The lowest BCUT2D eigenvalue weighted by molar-refractivity contribution is 0.114. The highest BCUT2D eigenvalue weighted by atomic mass is 79.9. The van der Waals surface area contributed by atoms with E-state index in [1.165, 1.54) is 25.0 Å². The van der Waals surface area contributed by atoms with Crippen molar-refractivity contribution in [2.45, 2.75) is 46.1 Å². The molecule has 18 heavy (non-hydrogen) atoms. The van der Waals surface area contributed by atoms with Gasteiger partial charge in [0, 0.05) is 13.2 Å². The summed E-state index contributed by atoms with van der Waals surface area (Å²) >= 11 is 3.66. The Balaban J connectivity index is 1.87. The molecular formula is C14H21BrN2O. The van der Waals surface area contributed by atoms with Crippen molar-refractivity contribution in [1.29, 1.82) is 0 Å². The molecule has 0 bridgehead atoms. The van der Waals surface area contributed by atoms with E-state index in [-0.39, 0.29) is 5.41 Å². The summed E-state index contributed by atoms with van der Waals surface area (Å²) in [6.07, 6.45) is 4.77. The molecule has 0 amide bonds. The van der Waals surface area contributed by atoms with Gasteiger partial charge in [0.15, 0.2) is 0 Å². The van der Waals surface area contributed by atoms with Crippen molar-refractivity contribution in [3.63, 3.8) is 0 Å². The Labute approximate surface area is 117 Å². The summed E-state index contributed by atoms with van der Waals surface area (Å²) in [4.78, 5) is 0. The van der Waals surface area contributed by atoms with Gasteiger partial charge in [-0.2, -0.15) is 5.10 Å². The van der Waals surface area contributed by atoms with Crippen LogP contribution in [-0.2, 0) is 13.0 Å². The van der Waals surface area contributed by atoms with Crippen LogP contribution in [0.1, 0.15) is 37.6 Å². The fraction of sp³-hybridized carbons (Fsp3) is 0.786. The summed E-state index contributed by atoms with van der Waals surface area (Å²) in [5.41, 5.74) is 2.45. The summed E-state index contributed by atoms with van der Waals surface area (Å²) in [5.74, 6) is 1.80. The largest absolute Gasteiger partial charge is 0.396 e. The van der Waals surface area contributed by atoms with Crippen LogP contribution in [0.2, 0.25) is 0 Å². The van der Waals surface area contributed by atoms with Gasteiger partial charge in [0.1, 0.15) is 0 Å². The zero-order chi connectivity index (χ0) is 12.9. The molecule has 100 valence electrons. The first-order chi connectivity index (χ1) is 8.58. The highest BCUT2D eigenvalue weighted by Gasteiger charge is 2.53. The van der Waals surface area contributed by atoms with E-state index in [4.69, 9.17) is 0 Å². The number of aryl methyl sites for hydroxylation is 2. The van der Waals surface area contributed by atoms with Gasteiger partial charge >= 0.3 is 0 Å². The number of halogens is 1. The standard InChI is InChI=1S/C14H21BrN2O/c1-3-17-12(13(15)9(2)16-17)7-14(8-18)5-10-4-11(10)6-14/h10-11,18H,3-8H2,1-2H3. The number of aliphatic hydroxyl groups is 1. The number of nitrogens with zero attached hydrogens (tertiary/aromatic N) is 2. The van der Waals surface area contributed by atoms with E-state index in [0.717, 1.165) is 35.0 Å². The normalized spacial score (nSPS) is 33.8. The van der Waals surface area contributed by atoms with Crippen LogP contribution < -0.4 is 0 Å². The second-order valence-corrected chi connectivity index (χ2v) is 6.95. The molecule has 3 nitrogen and oxygen atoms in total. The van der Waals surface area contributed by atoms with E-state index in [0.29, 0.717) is 6.61 Å². The number of fused-ring (bicyclic) bond motifs is 1. The molecule has 0 saturated heterocycles. The van der Waals surface area contributed by atoms with Crippen LogP contribution in [0, 0.1) is 24.2 Å². The van der Waals surface area contributed by atoms with Crippen LogP contribution in [0.5, 0.6) is 0 Å². The molecule has 1 N–H and O–H groups in total. The van der Waals surface area contributed by atoms with Gasteiger partial charge in [-0.15, -0.1) is 0 Å². The number of aromatic nitrogens is 2. The van der Waals surface area contributed by atoms with Crippen molar-refractivity contribution in [3.05, 3.63) is 15.9 Å². The van der Waals surface area contributed by atoms with Gasteiger partial charge in [-0.05, 0) is 72.7 Å². The van der Waals surface area contributed by atoms with Gasteiger partial charge in [-0.1, -0.05) is 0 Å². The lowest BCUT2D eigenvalue weighted by atomic mass is 9.79. The summed E-state index contributed by atoms with van der Waals surface area (Å²) in [5, 5.41) is 14.4. The summed E-state index contributed by atoms with van der Waals surface area (Å²) in [6, 6.07) is 0. The van der Waals surface area contributed by atoms with E-state index in [1.54, 1.807) is 0 Å². The fourth-order valence-corrected chi connectivity index (χ4v) is 4.15. The Bertz CT molecular complexity index is 459. The lowest BCUT2D eigenvalue weighted by Crippen LogP contribution is -2.28. The van der Waals surface area contributed by atoms with Crippen LogP contribution in [0.3, 0.4) is 0 Å². The second kappa shape index (κ2) is 4.34. The minimum atomic E-state index is 0.121. The third kappa shape index (κ3) is 1.94. The Hall–Kier alpha value is -0.350. The van der Waals surface area contributed by atoms with Gasteiger partial charge < -0.3 is 5.11 Å². The molecule has 4 heteroatoms. The smallest absolute Gasteiger partial charge is 0.0738 e. The molecular weight excluding hydrogens is 292 g/mol. The highest BCUT2D eigenvalue weighted by Crippen LogP contribution is 2.60. The number of hydrogen-bond acceptors (Lipinski definition) is 2. The maximum Gasteiger partial charge on any atom is 0.0738 e. The molecule has 0 aromatic carbocycles. The monoisotopic (exact) mass is 312 g/mol. The SMILES string of the molecule is CCn1nc(C)c(Br)c1CC1(CO)CC2CC2C1. The molecule has 1 heterocycles. The molecule has 2 fully saturated rings. The quantitative estimate of drug-likeness (QED) is 0.928. The van der Waals surface area contributed by atoms with Crippen LogP contribution in [-0.4, -0.2) is 21.5 Å². The fourth-order valence-electron chi connectivity index (χ4n) is 3.73. The molecule has 2 unspecified atom stereocenters. The number of aliphatic hydroxyl groups excluding tert-OH is 1. The average molecular weight is 313 g/mol. The molecule has 1 aromatic rings. The first-order valence-corrected chi connectivity index (χ1v) is 7.70. The lowest BCUT2D eigenvalue weighted by Gasteiger charge is -2.29. The van der Waals surface area contributed by atoms with Crippen molar-refractivity contribution in [2.75, 3.05) is 6.61 Å². The molecule has 0 radical (unpaired) electrons. The summed E-state index contributed by atoms with van der Waals surface area (Å²) in [7, 11) is 0. The van der Waals surface area contributed by atoms with E-state index in [9.17, 15) is 5.11 Å². The van der Waals surface area contributed by atoms with Crippen LogP contribution in [0.4, 0.5) is 0 Å². The first kappa shape index (κ1) is 12.7. The Kier molecular flexibility index (Phi) is 3.06. The summed E-state index contributed by atoms with van der Waals surface area (Å²) < 4.78 is 3.22. The van der Waals surface area contributed by atoms with Crippen molar-refractivity contribution >= 4 is 15.9 Å². The van der Waals surface area contributed by atoms with Crippen molar-refractivity contribution in [3.8, 4) is 0 Å². The van der Waals surface area contributed by atoms with Crippen LogP contribution >= 0.6 is 15.9 Å². The molecule has 1 aromatic heterocycles. The van der Waals surface area contributed by atoms with Crippen LogP contribution in [0.25, 0.3) is 0 Å². The molecule has 2 saturated carbocycles. The maximum atomic E-state index is 9.83. The van der Waals surface area contributed by atoms with Crippen molar-refractivity contribution in [2.24, 2.45) is 17.3 Å². The molecule has 3 rings (SSSR count). The van der Waals surface area contributed by atoms with Crippen LogP contribution in [0.15, 0.2) is 4.47 Å². The van der Waals surface area contributed by atoms with Gasteiger partial charge in [0.05, 0.1) is 15.9 Å². The Morgan fingerprint density at radius 2 is 2.11 bits per heavy atom. The zero-order valence-corrected chi connectivity index (χ0v) is 12.7. The topological polar surface area (TPSA) is 38.0 Å². The Morgan fingerprint density at radius 3 is 2.67 bits per heavy atom. The van der Waals surface area contributed by atoms with E-state index < -0.39 is 0 Å². The molecule has 0 aliphatic heterocycles. The predicted octanol–water partition coefficient (Wildman–Crippen LogP) is 2.93. The second-order valence-electron chi connectivity index (χ2n) is 6.16. The van der Waals surface area contributed by atoms with E-state index >= 15 is 0 Å². The number of hydrogen-bond donors (Lipinski definition) is 1. The van der Waals surface area contributed by atoms with Gasteiger partial charge in [0.2, 0.25) is 0 Å². The average Bonchev–Trinajstić information content (AvgIpc) is 2.90. The summed E-state index contributed by atoms with van der Waals surface area (Å²) in [6.45, 7) is 5.38. The minimum Gasteiger partial charge on any atom is -0.396 e. The molecule has 2 aliphatic carbocycles. The third-order valence-electron chi connectivity index (χ3n) is 4.79. The third-order valence-corrected chi connectivity index (χ3v) is 5.82. The highest BCUT2D eigenvalue weighted by molar-refractivity contribution is 9.10. The van der Waals surface area contributed by atoms with Gasteiger partial charge in [0.25, 0.3) is 0 Å². The Morgan fingerprint density at radius 1 is 1.44 bits per heavy atom. The van der Waals surface area contributed by atoms with Crippen molar-refractivity contribution in [1.82, 2.24) is 9.78 Å².